The molecule has 0 bridgehead atoms. The number of nitrogens with zero attached hydrogens (tertiary/aromatic N) is 3. The first-order valence-electron chi connectivity index (χ1n) is 6.54. The summed E-state index contributed by atoms with van der Waals surface area (Å²) >= 11 is 1.52. The first kappa shape index (κ1) is 14.2. The van der Waals surface area contributed by atoms with Gasteiger partial charge < -0.3 is 14.4 Å². The number of hydrogen-bond donors (Lipinski definition) is 1. The van der Waals surface area contributed by atoms with Crippen molar-refractivity contribution in [3.63, 3.8) is 0 Å². The molecule has 21 heavy (non-hydrogen) atoms. The molecule has 1 fully saturated rings. The number of ether oxygens (including phenoxy) is 1. The van der Waals surface area contributed by atoms with Crippen molar-refractivity contribution < 1.29 is 19.2 Å². The molecule has 0 amide bonds. The van der Waals surface area contributed by atoms with Crippen LogP contribution in [0, 0.1) is 0 Å². The summed E-state index contributed by atoms with van der Waals surface area (Å²) in [4.78, 5) is 18.7. The largest absolute Gasteiger partial charge is 0.468 e. The average Bonchev–Trinajstić information content (AvgIpc) is 3.18. The molecule has 7 nitrogen and oxygen atoms in total. The van der Waals surface area contributed by atoms with Crippen LogP contribution in [0.15, 0.2) is 22.0 Å². The van der Waals surface area contributed by atoms with Gasteiger partial charge in [0.25, 0.3) is 5.89 Å². The Labute approximate surface area is 125 Å². The summed E-state index contributed by atoms with van der Waals surface area (Å²) < 4.78 is 9.97. The third kappa shape index (κ3) is 2.97. The number of methoxy groups -OCH3 is 1. The molecule has 8 heteroatoms. The van der Waals surface area contributed by atoms with Crippen molar-refractivity contribution in [2.45, 2.75) is 25.1 Å². The summed E-state index contributed by atoms with van der Waals surface area (Å²) in [5.74, 6) is 0.601. The van der Waals surface area contributed by atoms with Crippen molar-refractivity contribution in [1.29, 1.82) is 0 Å². The van der Waals surface area contributed by atoms with E-state index in [2.05, 4.69) is 10.1 Å². The zero-order chi connectivity index (χ0) is 14.8. The van der Waals surface area contributed by atoms with E-state index in [1.807, 2.05) is 17.5 Å². The van der Waals surface area contributed by atoms with Crippen molar-refractivity contribution >= 4 is 17.3 Å². The summed E-state index contributed by atoms with van der Waals surface area (Å²) in [5.41, 5.74) is 0. The maximum atomic E-state index is 11.7. The van der Waals surface area contributed by atoms with Gasteiger partial charge in [-0.1, -0.05) is 11.2 Å². The fraction of sp³-hybridized carbons (Fsp3) is 0.462. The highest BCUT2D eigenvalue weighted by atomic mass is 32.1. The van der Waals surface area contributed by atoms with Crippen LogP contribution < -0.4 is 0 Å². The highest BCUT2D eigenvalue weighted by Crippen LogP contribution is 2.24. The van der Waals surface area contributed by atoms with E-state index in [1.54, 1.807) is 4.90 Å². The predicted molar refractivity (Wildman–Crippen MR) is 74.4 cm³/mol. The van der Waals surface area contributed by atoms with Gasteiger partial charge in [0, 0.05) is 13.0 Å². The monoisotopic (exact) mass is 309 g/mol. The topological polar surface area (TPSA) is 88.7 Å². The number of rotatable bonds is 4. The number of aliphatic hydroxyl groups excluding tert-OH is 1. The SMILES string of the molecule is COC(=O)C1CC(O)CN1Cc1noc(-c2cccs2)n1. The number of carbonyl (C=O) groups is 1. The molecule has 0 aliphatic carbocycles. The summed E-state index contributed by atoms with van der Waals surface area (Å²) in [5, 5.41) is 15.6. The highest BCUT2D eigenvalue weighted by Gasteiger charge is 2.37. The second-order valence-corrected chi connectivity index (χ2v) is 5.80. The van der Waals surface area contributed by atoms with Crippen molar-refractivity contribution in [2.24, 2.45) is 0 Å². The summed E-state index contributed by atoms with van der Waals surface area (Å²) in [7, 11) is 1.34. The molecule has 2 aromatic rings. The first-order valence-corrected chi connectivity index (χ1v) is 7.41. The smallest absolute Gasteiger partial charge is 0.323 e. The van der Waals surface area contributed by atoms with E-state index in [-0.39, 0.29) is 5.97 Å². The molecule has 2 atom stereocenters. The van der Waals surface area contributed by atoms with E-state index in [0.29, 0.717) is 31.2 Å². The zero-order valence-corrected chi connectivity index (χ0v) is 12.2. The van der Waals surface area contributed by atoms with Crippen LogP contribution in [0.1, 0.15) is 12.2 Å². The van der Waals surface area contributed by atoms with Gasteiger partial charge in [-0.3, -0.25) is 9.69 Å². The Hall–Kier alpha value is -1.77. The number of aromatic nitrogens is 2. The molecule has 1 aliphatic heterocycles. The molecular weight excluding hydrogens is 294 g/mol. The maximum absolute atomic E-state index is 11.7. The van der Waals surface area contributed by atoms with Gasteiger partial charge in [0.15, 0.2) is 5.82 Å². The Bertz CT molecular complexity index is 613. The summed E-state index contributed by atoms with van der Waals surface area (Å²) in [6, 6.07) is 3.35. The molecule has 3 rings (SSSR count). The van der Waals surface area contributed by atoms with Gasteiger partial charge >= 0.3 is 5.97 Å². The molecule has 0 radical (unpaired) electrons. The molecular formula is C13H15N3O4S. The van der Waals surface area contributed by atoms with Crippen LogP contribution in [0.3, 0.4) is 0 Å². The minimum absolute atomic E-state index is 0.339. The van der Waals surface area contributed by atoms with Crippen LogP contribution in [-0.4, -0.2) is 51.9 Å². The van der Waals surface area contributed by atoms with Crippen LogP contribution >= 0.6 is 11.3 Å². The fourth-order valence-electron chi connectivity index (χ4n) is 2.44. The molecule has 3 heterocycles. The van der Waals surface area contributed by atoms with E-state index < -0.39 is 12.1 Å². The van der Waals surface area contributed by atoms with Crippen LogP contribution in [0.25, 0.3) is 10.8 Å². The minimum Gasteiger partial charge on any atom is -0.468 e. The van der Waals surface area contributed by atoms with Crippen LogP contribution in [0.2, 0.25) is 0 Å². The molecule has 1 saturated heterocycles. The van der Waals surface area contributed by atoms with E-state index in [1.165, 1.54) is 18.4 Å². The lowest BCUT2D eigenvalue weighted by Gasteiger charge is -2.19. The Morgan fingerprint density at radius 1 is 1.67 bits per heavy atom. The Balaban J connectivity index is 1.72. The molecule has 2 unspecified atom stereocenters. The van der Waals surface area contributed by atoms with Crippen molar-refractivity contribution in [3.05, 3.63) is 23.3 Å². The highest BCUT2D eigenvalue weighted by molar-refractivity contribution is 7.13. The van der Waals surface area contributed by atoms with E-state index in [0.717, 1.165) is 4.88 Å². The lowest BCUT2D eigenvalue weighted by Crippen LogP contribution is -2.36. The minimum atomic E-state index is -0.544. The van der Waals surface area contributed by atoms with E-state index >= 15 is 0 Å². The standard InChI is InChI=1S/C13H15N3O4S/c1-19-13(18)9-5-8(17)6-16(9)7-11-14-12(20-15-11)10-3-2-4-21-10/h2-4,8-9,17H,5-7H2,1H3. The van der Waals surface area contributed by atoms with Crippen LogP contribution in [0.4, 0.5) is 0 Å². The van der Waals surface area contributed by atoms with Crippen LogP contribution in [-0.2, 0) is 16.1 Å². The molecule has 0 aromatic carbocycles. The zero-order valence-electron chi connectivity index (χ0n) is 11.4. The number of carbonyl (C=O) groups excluding carboxylic acids is 1. The lowest BCUT2D eigenvalue weighted by atomic mass is 10.2. The lowest BCUT2D eigenvalue weighted by molar-refractivity contribution is -0.146. The quantitative estimate of drug-likeness (QED) is 0.840. The normalized spacial score (nSPS) is 22.6. The van der Waals surface area contributed by atoms with Crippen molar-refractivity contribution in [1.82, 2.24) is 15.0 Å². The molecule has 1 aliphatic rings. The van der Waals surface area contributed by atoms with Crippen molar-refractivity contribution in [3.8, 4) is 10.8 Å². The number of hydrogen-bond acceptors (Lipinski definition) is 8. The third-order valence-electron chi connectivity index (χ3n) is 3.40. The Kier molecular flexibility index (Phi) is 4.00. The van der Waals surface area contributed by atoms with Gasteiger partial charge in [0.2, 0.25) is 0 Å². The van der Waals surface area contributed by atoms with E-state index in [9.17, 15) is 9.90 Å². The number of aliphatic hydroxyl groups is 1. The molecule has 0 spiro atoms. The predicted octanol–water partition coefficient (Wildman–Crippen LogP) is 0.906. The molecule has 1 N–H and O–H groups in total. The maximum Gasteiger partial charge on any atom is 0.323 e. The van der Waals surface area contributed by atoms with E-state index in [4.69, 9.17) is 9.26 Å². The van der Waals surface area contributed by atoms with Gasteiger partial charge in [-0.05, 0) is 11.4 Å². The number of likely N-dealkylation sites (tertiary alicyclic amines) is 1. The van der Waals surface area contributed by atoms with Gasteiger partial charge in [0.05, 0.1) is 24.6 Å². The second-order valence-electron chi connectivity index (χ2n) is 4.85. The third-order valence-corrected chi connectivity index (χ3v) is 4.26. The van der Waals surface area contributed by atoms with Gasteiger partial charge in [-0.25, -0.2) is 0 Å². The first-order chi connectivity index (χ1) is 10.2. The van der Waals surface area contributed by atoms with Crippen molar-refractivity contribution in [2.75, 3.05) is 13.7 Å². The average molecular weight is 309 g/mol. The summed E-state index contributed by atoms with van der Waals surface area (Å²) in [6.45, 7) is 0.730. The summed E-state index contributed by atoms with van der Waals surface area (Å²) in [6.07, 6.45) is -0.180. The van der Waals surface area contributed by atoms with Gasteiger partial charge in [-0.15, -0.1) is 11.3 Å². The molecule has 2 aromatic heterocycles. The molecule has 112 valence electrons. The number of β-amino-alcohol motifs (C(OH)–C–C–N with tert-alkyl or cyclic N) is 1. The number of esters is 1. The van der Waals surface area contributed by atoms with Gasteiger partial charge in [-0.2, -0.15) is 4.98 Å². The van der Waals surface area contributed by atoms with Crippen LogP contribution in [0.5, 0.6) is 0 Å². The van der Waals surface area contributed by atoms with Gasteiger partial charge in [0.1, 0.15) is 6.04 Å². The Morgan fingerprint density at radius 2 is 2.52 bits per heavy atom. The fourth-order valence-corrected chi connectivity index (χ4v) is 3.08. The number of thiophene rings is 1. The molecule has 0 saturated carbocycles. The Morgan fingerprint density at radius 3 is 3.24 bits per heavy atom. The second kappa shape index (κ2) is 5.92.